The second kappa shape index (κ2) is 18.0. The molecule has 0 radical (unpaired) electrons. The van der Waals surface area contributed by atoms with Gasteiger partial charge in [-0.25, -0.2) is 19.2 Å². The molecule has 4 N–H and O–H groups in total. The molecule has 0 spiro atoms. The molecule has 3 rings (SSSR count). The molecule has 1 aliphatic heterocycles. The lowest BCUT2D eigenvalue weighted by Gasteiger charge is -2.33. The number of benzene rings is 2. The molecule has 0 saturated carbocycles. The molecule has 0 aromatic heterocycles. The standard InChI is InChI=1S/C19H22N4O3.2C4H4O4/c1-20-11-13-21(14-12-20)15-19(24)22(16-5-3-2-4-6-16)17-7-9-18(10-8-17)23(25)26;2*5-3(6)1-2-4(7)8/h2-10H,11-15H2,1H3;2*1-2H,(H,5,6)(H,7,8)/b;2*2-1-. The smallest absolute Gasteiger partial charge is 0.328 e. The van der Waals surface area contributed by atoms with Crippen LogP contribution in [0.3, 0.4) is 0 Å². The van der Waals surface area contributed by atoms with Crippen molar-refractivity contribution in [2.45, 2.75) is 0 Å². The summed E-state index contributed by atoms with van der Waals surface area (Å²) >= 11 is 0. The minimum atomic E-state index is -1.26. The number of hydrogen-bond acceptors (Lipinski definition) is 9. The van der Waals surface area contributed by atoms with Crippen molar-refractivity contribution < 1.29 is 49.3 Å². The number of anilines is 2. The third kappa shape index (κ3) is 14.1. The van der Waals surface area contributed by atoms with Crippen molar-refractivity contribution in [3.05, 3.63) is 89.0 Å². The summed E-state index contributed by atoms with van der Waals surface area (Å²) in [6, 6.07) is 15.5. The monoisotopic (exact) mass is 586 g/mol. The van der Waals surface area contributed by atoms with Gasteiger partial charge in [0.15, 0.2) is 0 Å². The molecule has 0 bridgehead atoms. The highest BCUT2D eigenvalue weighted by molar-refractivity contribution is 6.01. The Labute approximate surface area is 240 Å². The molecule has 42 heavy (non-hydrogen) atoms. The van der Waals surface area contributed by atoms with E-state index in [0.717, 1.165) is 31.9 Å². The summed E-state index contributed by atoms with van der Waals surface area (Å²) in [5.41, 5.74) is 1.38. The number of likely N-dealkylation sites (N-methyl/N-ethyl adjacent to an activating group) is 1. The van der Waals surface area contributed by atoms with E-state index in [0.29, 0.717) is 36.5 Å². The number of non-ortho nitro benzene ring substituents is 1. The van der Waals surface area contributed by atoms with E-state index in [1.165, 1.54) is 12.1 Å². The Bertz CT molecular complexity index is 1220. The Balaban J connectivity index is 0.000000454. The molecular formula is C27H30N4O11. The van der Waals surface area contributed by atoms with Gasteiger partial charge < -0.3 is 25.3 Å². The van der Waals surface area contributed by atoms with Crippen molar-refractivity contribution in [2.75, 3.05) is 44.7 Å². The highest BCUT2D eigenvalue weighted by Gasteiger charge is 2.23. The van der Waals surface area contributed by atoms with Crippen molar-refractivity contribution in [3.63, 3.8) is 0 Å². The van der Waals surface area contributed by atoms with Gasteiger partial charge in [-0.05, 0) is 31.3 Å². The molecule has 2 aromatic carbocycles. The first kappa shape index (κ1) is 34.6. The molecule has 1 fully saturated rings. The van der Waals surface area contributed by atoms with Crippen LogP contribution in [0.25, 0.3) is 0 Å². The second-order valence-corrected chi connectivity index (χ2v) is 8.44. The maximum absolute atomic E-state index is 13.0. The molecule has 15 heteroatoms. The zero-order valence-electron chi connectivity index (χ0n) is 22.5. The summed E-state index contributed by atoms with van der Waals surface area (Å²) in [4.78, 5) is 67.7. The van der Waals surface area contributed by atoms with Crippen molar-refractivity contribution in [2.24, 2.45) is 0 Å². The van der Waals surface area contributed by atoms with Gasteiger partial charge in [0.2, 0.25) is 5.91 Å². The largest absolute Gasteiger partial charge is 0.478 e. The number of nitro benzene ring substituents is 1. The fraction of sp³-hybridized carbons (Fsp3) is 0.222. The molecule has 1 aliphatic rings. The number of piperazine rings is 1. The molecule has 1 amide bonds. The van der Waals surface area contributed by atoms with Crippen LogP contribution in [0.4, 0.5) is 17.1 Å². The van der Waals surface area contributed by atoms with Gasteiger partial charge in [-0.1, -0.05) is 18.2 Å². The lowest BCUT2D eigenvalue weighted by atomic mass is 10.2. The summed E-state index contributed by atoms with van der Waals surface area (Å²) < 4.78 is 0. The number of rotatable bonds is 9. The number of amides is 1. The summed E-state index contributed by atoms with van der Waals surface area (Å²) in [5, 5.41) is 42.1. The van der Waals surface area contributed by atoms with Gasteiger partial charge in [-0.2, -0.15) is 0 Å². The lowest BCUT2D eigenvalue weighted by Crippen LogP contribution is -2.48. The van der Waals surface area contributed by atoms with E-state index >= 15 is 0 Å². The van der Waals surface area contributed by atoms with Crippen LogP contribution in [-0.2, 0) is 24.0 Å². The number of hydrogen-bond donors (Lipinski definition) is 4. The van der Waals surface area contributed by atoms with Gasteiger partial charge >= 0.3 is 23.9 Å². The Morgan fingerprint density at radius 3 is 1.52 bits per heavy atom. The molecular weight excluding hydrogens is 556 g/mol. The number of para-hydroxylation sites is 1. The van der Waals surface area contributed by atoms with E-state index in [1.807, 2.05) is 30.3 Å². The fourth-order valence-electron chi connectivity index (χ4n) is 3.29. The predicted octanol–water partition coefficient (Wildman–Crippen LogP) is 1.93. The Morgan fingerprint density at radius 1 is 0.738 bits per heavy atom. The topological polar surface area (TPSA) is 219 Å². The Hall–Kier alpha value is -5.41. The van der Waals surface area contributed by atoms with Crippen LogP contribution < -0.4 is 4.90 Å². The number of nitro groups is 1. The summed E-state index contributed by atoms with van der Waals surface area (Å²) in [7, 11) is 2.08. The highest BCUT2D eigenvalue weighted by atomic mass is 16.6. The predicted molar refractivity (Wildman–Crippen MR) is 149 cm³/mol. The van der Waals surface area contributed by atoms with Gasteiger partial charge in [0.1, 0.15) is 0 Å². The summed E-state index contributed by atoms with van der Waals surface area (Å²) in [6.45, 7) is 3.91. The van der Waals surface area contributed by atoms with E-state index in [4.69, 9.17) is 20.4 Å². The van der Waals surface area contributed by atoms with Gasteiger partial charge in [0.05, 0.1) is 11.5 Å². The van der Waals surface area contributed by atoms with E-state index in [2.05, 4.69) is 16.8 Å². The molecule has 224 valence electrons. The van der Waals surface area contributed by atoms with Gasteiger partial charge in [0.25, 0.3) is 5.69 Å². The number of carboxylic acid groups (broad SMARTS) is 4. The van der Waals surface area contributed by atoms with Crippen LogP contribution in [0.2, 0.25) is 0 Å². The third-order valence-corrected chi connectivity index (χ3v) is 5.27. The molecule has 15 nitrogen and oxygen atoms in total. The zero-order chi connectivity index (χ0) is 31.7. The van der Waals surface area contributed by atoms with Crippen molar-refractivity contribution in [3.8, 4) is 0 Å². The van der Waals surface area contributed by atoms with Gasteiger partial charge in [0, 0.05) is 74.0 Å². The second-order valence-electron chi connectivity index (χ2n) is 8.44. The number of carboxylic acids is 4. The first-order valence-corrected chi connectivity index (χ1v) is 12.1. The summed E-state index contributed by atoms with van der Waals surface area (Å²) in [5.74, 6) is -5.07. The lowest BCUT2D eigenvalue weighted by molar-refractivity contribution is -0.384. The molecule has 0 atom stereocenters. The maximum atomic E-state index is 13.0. The SMILES string of the molecule is CN1CCN(CC(=O)N(c2ccccc2)c2ccc([N+](=O)[O-])cc2)CC1.O=C(O)/C=C\C(=O)O.O=C(O)/C=C\C(=O)O. The summed E-state index contributed by atoms with van der Waals surface area (Å²) in [6.07, 6.45) is 2.23. The maximum Gasteiger partial charge on any atom is 0.328 e. The number of nitrogens with zero attached hydrogens (tertiary/aromatic N) is 4. The molecule has 1 heterocycles. The number of carbonyl (C=O) groups is 5. The third-order valence-electron chi connectivity index (χ3n) is 5.27. The number of carbonyl (C=O) groups excluding carboxylic acids is 1. The van der Waals surface area contributed by atoms with Crippen LogP contribution in [0.1, 0.15) is 0 Å². The highest BCUT2D eigenvalue weighted by Crippen LogP contribution is 2.27. The zero-order valence-corrected chi connectivity index (χ0v) is 22.5. The van der Waals surface area contributed by atoms with Crippen molar-refractivity contribution in [1.29, 1.82) is 0 Å². The van der Waals surface area contributed by atoms with Gasteiger partial charge in [-0.15, -0.1) is 0 Å². The quantitative estimate of drug-likeness (QED) is 0.188. The number of aliphatic carboxylic acids is 4. The van der Waals surface area contributed by atoms with E-state index < -0.39 is 28.8 Å². The van der Waals surface area contributed by atoms with E-state index in [1.54, 1.807) is 17.0 Å². The molecule has 1 saturated heterocycles. The normalized spacial score (nSPS) is 13.3. The van der Waals surface area contributed by atoms with E-state index in [-0.39, 0.29) is 11.6 Å². The van der Waals surface area contributed by atoms with Crippen LogP contribution in [0.5, 0.6) is 0 Å². The van der Waals surface area contributed by atoms with E-state index in [9.17, 15) is 34.1 Å². The first-order chi connectivity index (χ1) is 19.8. The van der Waals surface area contributed by atoms with Crippen LogP contribution in [0.15, 0.2) is 78.9 Å². The minimum absolute atomic E-state index is 0.00767. The fourth-order valence-corrected chi connectivity index (χ4v) is 3.29. The van der Waals surface area contributed by atoms with Crippen molar-refractivity contribution >= 4 is 46.8 Å². The minimum Gasteiger partial charge on any atom is -0.478 e. The molecule has 0 aliphatic carbocycles. The van der Waals surface area contributed by atoms with Crippen LogP contribution in [0, 0.1) is 10.1 Å². The van der Waals surface area contributed by atoms with Gasteiger partial charge in [-0.3, -0.25) is 24.7 Å². The average Bonchev–Trinajstić information content (AvgIpc) is 2.94. The Morgan fingerprint density at radius 2 is 1.14 bits per heavy atom. The van der Waals surface area contributed by atoms with Crippen LogP contribution >= 0.6 is 0 Å². The Kier molecular flexibility index (Phi) is 14.9. The molecule has 2 aromatic rings. The first-order valence-electron chi connectivity index (χ1n) is 12.1. The molecule has 0 unspecified atom stereocenters. The average molecular weight is 587 g/mol. The van der Waals surface area contributed by atoms with Crippen LogP contribution in [-0.4, -0.2) is 105 Å². The van der Waals surface area contributed by atoms with Crippen molar-refractivity contribution in [1.82, 2.24) is 9.80 Å².